The molecular formula is C13H19ClN2O. The third kappa shape index (κ3) is 3.70. The van der Waals surface area contributed by atoms with Gasteiger partial charge in [0.1, 0.15) is 5.15 Å². The van der Waals surface area contributed by atoms with Gasteiger partial charge in [0, 0.05) is 12.7 Å². The SMILES string of the molecule is CC(C)C(C)(C)CNC(=O)c1cccnc1Cl. The van der Waals surface area contributed by atoms with Crippen molar-refractivity contribution < 1.29 is 4.79 Å². The Morgan fingerprint density at radius 1 is 1.53 bits per heavy atom. The zero-order valence-corrected chi connectivity index (χ0v) is 11.5. The first-order valence-electron chi connectivity index (χ1n) is 5.73. The molecule has 0 saturated heterocycles. The van der Waals surface area contributed by atoms with Crippen LogP contribution < -0.4 is 5.32 Å². The van der Waals surface area contributed by atoms with Crippen LogP contribution in [0.15, 0.2) is 18.3 Å². The predicted octanol–water partition coefficient (Wildman–Crippen LogP) is 3.15. The van der Waals surface area contributed by atoms with Gasteiger partial charge in [-0.15, -0.1) is 0 Å². The highest BCUT2D eigenvalue weighted by atomic mass is 35.5. The molecule has 0 fully saturated rings. The molecule has 3 nitrogen and oxygen atoms in total. The van der Waals surface area contributed by atoms with Crippen molar-refractivity contribution in [3.63, 3.8) is 0 Å². The summed E-state index contributed by atoms with van der Waals surface area (Å²) in [5.41, 5.74) is 0.485. The molecule has 17 heavy (non-hydrogen) atoms. The summed E-state index contributed by atoms with van der Waals surface area (Å²) in [4.78, 5) is 15.8. The highest BCUT2D eigenvalue weighted by Gasteiger charge is 2.23. The second-order valence-electron chi connectivity index (χ2n) is 5.17. The molecule has 0 aliphatic rings. The van der Waals surface area contributed by atoms with Crippen molar-refractivity contribution in [2.75, 3.05) is 6.54 Å². The molecule has 1 aromatic heterocycles. The molecule has 0 aromatic carbocycles. The van der Waals surface area contributed by atoms with Crippen LogP contribution >= 0.6 is 11.6 Å². The molecule has 94 valence electrons. The minimum Gasteiger partial charge on any atom is -0.351 e. The van der Waals surface area contributed by atoms with E-state index in [4.69, 9.17) is 11.6 Å². The van der Waals surface area contributed by atoms with Gasteiger partial charge in [-0.05, 0) is 23.5 Å². The van der Waals surface area contributed by atoms with Gasteiger partial charge in [-0.2, -0.15) is 0 Å². The Labute approximate surface area is 108 Å². The Bertz CT molecular complexity index is 402. The number of hydrogen-bond donors (Lipinski definition) is 1. The minimum absolute atomic E-state index is 0.0599. The first-order chi connectivity index (χ1) is 7.84. The minimum atomic E-state index is -0.170. The molecule has 1 N–H and O–H groups in total. The maximum absolute atomic E-state index is 11.9. The molecule has 0 aliphatic carbocycles. The number of carbonyl (C=O) groups excluding carboxylic acids is 1. The molecule has 0 atom stereocenters. The third-order valence-corrected chi connectivity index (χ3v) is 3.57. The Morgan fingerprint density at radius 2 is 2.18 bits per heavy atom. The molecule has 0 aliphatic heterocycles. The monoisotopic (exact) mass is 254 g/mol. The van der Waals surface area contributed by atoms with Crippen LogP contribution in [-0.2, 0) is 0 Å². The van der Waals surface area contributed by atoms with E-state index in [-0.39, 0.29) is 16.5 Å². The van der Waals surface area contributed by atoms with Crippen LogP contribution in [0, 0.1) is 11.3 Å². The molecule has 1 rings (SSSR count). The molecule has 0 unspecified atom stereocenters. The normalized spacial score (nSPS) is 11.6. The topological polar surface area (TPSA) is 42.0 Å². The van der Waals surface area contributed by atoms with Crippen molar-refractivity contribution in [1.29, 1.82) is 0 Å². The largest absolute Gasteiger partial charge is 0.351 e. The fourth-order valence-electron chi connectivity index (χ4n) is 1.16. The van der Waals surface area contributed by atoms with E-state index in [1.54, 1.807) is 18.3 Å². The molecule has 1 aromatic rings. The van der Waals surface area contributed by atoms with Crippen molar-refractivity contribution >= 4 is 17.5 Å². The fourth-order valence-corrected chi connectivity index (χ4v) is 1.37. The van der Waals surface area contributed by atoms with Crippen molar-refractivity contribution in [2.45, 2.75) is 27.7 Å². The maximum atomic E-state index is 11.9. The van der Waals surface area contributed by atoms with Crippen molar-refractivity contribution in [1.82, 2.24) is 10.3 Å². The van der Waals surface area contributed by atoms with E-state index in [0.29, 0.717) is 18.0 Å². The van der Waals surface area contributed by atoms with Crippen molar-refractivity contribution in [2.24, 2.45) is 11.3 Å². The molecule has 0 radical (unpaired) electrons. The number of hydrogen-bond acceptors (Lipinski definition) is 2. The van der Waals surface area contributed by atoms with Gasteiger partial charge in [0.2, 0.25) is 0 Å². The first kappa shape index (κ1) is 14.0. The highest BCUT2D eigenvalue weighted by molar-refractivity contribution is 6.32. The summed E-state index contributed by atoms with van der Waals surface area (Å²) >= 11 is 5.86. The highest BCUT2D eigenvalue weighted by Crippen LogP contribution is 2.24. The van der Waals surface area contributed by atoms with Gasteiger partial charge >= 0.3 is 0 Å². The zero-order chi connectivity index (χ0) is 13.1. The Balaban J connectivity index is 2.66. The lowest BCUT2D eigenvalue weighted by atomic mass is 9.81. The lowest BCUT2D eigenvalue weighted by Crippen LogP contribution is -2.37. The van der Waals surface area contributed by atoms with Gasteiger partial charge in [0.15, 0.2) is 0 Å². The number of amides is 1. The molecule has 0 bridgehead atoms. The zero-order valence-electron chi connectivity index (χ0n) is 10.7. The fraction of sp³-hybridized carbons (Fsp3) is 0.538. The summed E-state index contributed by atoms with van der Waals surface area (Å²) in [7, 11) is 0. The summed E-state index contributed by atoms with van der Waals surface area (Å²) < 4.78 is 0. The first-order valence-corrected chi connectivity index (χ1v) is 6.11. The number of pyridine rings is 1. The summed E-state index contributed by atoms with van der Waals surface area (Å²) in [6.45, 7) is 9.16. The van der Waals surface area contributed by atoms with E-state index in [0.717, 1.165) is 0 Å². The molecule has 4 heteroatoms. The van der Waals surface area contributed by atoms with Crippen LogP contribution in [0.2, 0.25) is 5.15 Å². The van der Waals surface area contributed by atoms with E-state index in [1.807, 2.05) is 0 Å². The third-order valence-electron chi connectivity index (χ3n) is 3.27. The average Bonchev–Trinajstić information content (AvgIpc) is 2.26. The molecular weight excluding hydrogens is 236 g/mol. The maximum Gasteiger partial charge on any atom is 0.254 e. The number of aromatic nitrogens is 1. The smallest absolute Gasteiger partial charge is 0.254 e. The van der Waals surface area contributed by atoms with Gasteiger partial charge < -0.3 is 5.32 Å². The van der Waals surface area contributed by atoms with Crippen LogP contribution in [0.5, 0.6) is 0 Å². The Hall–Kier alpha value is -1.09. The van der Waals surface area contributed by atoms with E-state index in [9.17, 15) is 4.79 Å². The molecule has 1 heterocycles. The van der Waals surface area contributed by atoms with Crippen LogP contribution in [0.1, 0.15) is 38.1 Å². The summed E-state index contributed by atoms with van der Waals surface area (Å²) in [5.74, 6) is 0.323. The van der Waals surface area contributed by atoms with Gasteiger partial charge in [-0.3, -0.25) is 4.79 Å². The van der Waals surface area contributed by atoms with E-state index >= 15 is 0 Å². The molecule has 0 saturated carbocycles. The second kappa shape index (κ2) is 5.50. The van der Waals surface area contributed by atoms with E-state index in [2.05, 4.69) is 38.0 Å². The van der Waals surface area contributed by atoms with Gasteiger partial charge in [-0.1, -0.05) is 39.3 Å². The van der Waals surface area contributed by atoms with Gasteiger partial charge in [0.25, 0.3) is 5.91 Å². The number of halogens is 1. The predicted molar refractivity (Wildman–Crippen MR) is 70.2 cm³/mol. The Morgan fingerprint density at radius 3 is 2.71 bits per heavy atom. The van der Waals surface area contributed by atoms with Crippen LogP contribution in [0.25, 0.3) is 0 Å². The quantitative estimate of drug-likeness (QED) is 0.839. The van der Waals surface area contributed by atoms with Crippen LogP contribution in [-0.4, -0.2) is 17.4 Å². The summed E-state index contributed by atoms with van der Waals surface area (Å²) in [5, 5.41) is 3.14. The van der Waals surface area contributed by atoms with E-state index < -0.39 is 0 Å². The standard InChI is InChI=1S/C13H19ClN2O/c1-9(2)13(3,4)8-16-12(17)10-6-5-7-15-11(10)14/h5-7,9H,8H2,1-4H3,(H,16,17). The van der Waals surface area contributed by atoms with Crippen LogP contribution in [0.3, 0.4) is 0 Å². The van der Waals surface area contributed by atoms with Crippen molar-refractivity contribution in [3.05, 3.63) is 29.0 Å². The molecule has 0 spiro atoms. The number of carbonyl (C=O) groups is 1. The lowest BCUT2D eigenvalue weighted by Gasteiger charge is -2.29. The van der Waals surface area contributed by atoms with E-state index in [1.165, 1.54) is 0 Å². The van der Waals surface area contributed by atoms with Crippen molar-refractivity contribution in [3.8, 4) is 0 Å². The molecule has 1 amide bonds. The summed E-state index contributed by atoms with van der Waals surface area (Å²) in [6, 6.07) is 3.38. The van der Waals surface area contributed by atoms with Gasteiger partial charge in [0.05, 0.1) is 5.56 Å². The average molecular weight is 255 g/mol. The number of nitrogens with one attached hydrogen (secondary N) is 1. The van der Waals surface area contributed by atoms with Crippen LogP contribution in [0.4, 0.5) is 0 Å². The second-order valence-corrected chi connectivity index (χ2v) is 5.53. The van der Waals surface area contributed by atoms with Gasteiger partial charge in [-0.25, -0.2) is 4.98 Å². The number of rotatable bonds is 4. The Kier molecular flexibility index (Phi) is 4.52. The summed E-state index contributed by atoms with van der Waals surface area (Å²) in [6.07, 6.45) is 1.57. The number of nitrogens with zero attached hydrogens (tertiary/aromatic N) is 1. The lowest BCUT2D eigenvalue weighted by molar-refractivity contribution is 0.0924.